The topological polar surface area (TPSA) is 73.5 Å². The number of nitrogens with one attached hydrogen (secondary N) is 1. The minimum Gasteiger partial charge on any atom is -0.487 e. The lowest BCUT2D eigenvalue weighted by molar-refractivity contribution is 0.102. The first-order chi connectivity index (χ1) is 15.4. The number of benzene rings is 1. The maximum atomic E-state index is 12.9. The summed E-state index contributed by atoms with van der Waals surface area (Å²) in [5.74, 6) is 0.964. The summed E-state index contributed by atoms with van der Waals surface area (Å²) >= 11 is 0. The van der Waals surface area contributed by atoms with E-state index in [2.05, 4.69) is 36.2 Å². The highest BCUT2D eigenvalue weighted by molar-refractivity contribution is 6.03. The predicted octanol–water partition coefficient (Wildman–Crippen LogP) is 4.99. The van der Waals surface area contributed by atoms with Crippen LogP contribution in [0.4, 0.5) is 5.69 Å². The van der Waals surface area contributed by atoms with Crippen LogP contribution in [0.5, 0.6) is 5.75 Å². The van der Waals surface area contributed by atoms with Gasteiger partial charge in [0.05, 0.1) is 11.2 Å². The SMILES string of the molecule is CC(C)(C)n1nc(C(=O)Nc2cccc(OCc3cn4ccccc4n3)c2)cc1C1CC1. The van der Waals surface area contributed by atoms with Crippen LogP contribution in [0, 0.1) is 0 Å². The molecular weight excluding hydrogens is 402 g/mol. The Labute approximate surface area is 187 Å². The van der Waals surface area contributed by atoms with Crippen LogP contribution in [-0.2, 0) is 12.1 Å². The van der Waals surface area contributed by atoms with E-state index in [0.29, 0.717) is 29.7 Å². The number of rotatable bonds is 6. The molecule has 0 atom stereocenters. The van der Waals surface area contributed by atoms with Gasteiger partial charge in [-0.2, -0.15) is 5.10 Å². The number of carbonyl (C=O) groups excluding carboxylic acids is 1. The van der Waals surface area contributed by atoms with Crippen LogP contribution in [0.3, 0.4) is 0 Å². The van der Waals surface area contributed by atoms with Crippen molar-refractivity contribution < 1.29 is 9.53 Å². The first-order valence-electron chi connectivity index (χ1n) is 10.9. The molecule has 0 saturated heterocycles. The van der Waals surface area contributed by atoms with Gasteiger partial charge in [-0.3, -0.25) is 9.48 Å². The number of amides is 1. The third-order valence-electron chi connectivity index (χ3n) is 5.49. The smallest absolute Gasteiger partial charge is 0.276 e. The van der Waals surface area contributed by atoms with E-state index in [1.165, 1.54) is 0 Å². The fraction of sp³-hybridized carbons (Fsp3) is 0.320. The van der Waals surface area contributed by atoms with Gasteiger partial charge < -0.3 is 14.5 Å². The third-order valence-corrected chi connectivity index (χ3v) is 5.49. The molecule has 1 aliphatic rings. The molecule has 1 aliphatic carbocycles. The van der Waals surface area contributed by atoms with Gasteiger partial charge in [-0.25, -0.2) is 4.98 Å². The number of pyridine rings is 1. The third kappa shape index (κ3) is 4.23. The highest BCUT2D eigenvalue weighted by atomic mass is 16.5. The lowest BCUT2D eigenvalue weighted by Crippen LogP contribution is -2.25. The predicted molar refractivity (Wildman–Crippen MR) is 123 cm³/mol. The molecule has 4 aromatic rings. The summed E-state index contributed by atoms with van der Waals surface area (Å²) < 4.78 is 9.86. The standard InChI is InChI=1S/C25H27N5O2/c1-25(2,3)30-22(17-10-11-17)14-21(28-30)24(31)27-18-7-6-8-20(13-18)32-16-19-15-29-12-5-4-9-23(29)26-19/h4-9,12-15,17H,10-11,16H2,1-3H3,(H,27,31). The molecule has 7 nitrogen and oxygen atoms in total. The van der Waals surface area contributed by atoms with Gasteiger partial charge in [0.1, 0.15) is 18.0 Å². The maximum absolute atomic E-state index is 12.9. The van der Waals surface area contributed by atoms with Gasteiger partial charge in [0.15, 0.2) is 5.69 Å². The largest absolute Gasteiger partial charge is 0.487 e. The molecule has 1 saturated carbocycles. The van der Waals surface area contributed by atoms with Crippen LogP contribution in [0.25, 0.3) is 5.65 Å². The minimum absolute atomic E-state index is 0.165. The Morgan fingerprint density at radius 3 is 2.75 bits per heavy atom. The Bertz CT molecular complexity index is 1240. The highest BCUT2D eigenvalue weighted by Gasteiger charge is 2.32. The molecule has 32 heavy (non-hydrogen) atoms. The van der Waals surface area contributed by atoms with E-state index >= 15 is 0 Å². The van der Waals surface area contributed by atoms with Gasteiger partial charge in [-0.15, -0.1) is 0 Å². The van der Waals surface area contributed by atoms with Gasteiger partial charge in [0.2, 0.25) is 0 Å². The van der Waals surface area contributed by atoms with E-state index in [1.54, 1.807) is 0 Å². The molecule has 0 spiro atoms. The van der Waals surface area contributed by atoms with Gasteiger partial charge >= 0.3 is 0 Å². The summed E-state index contributed by atoms with van der Waals surface area (Å²) in [5, 5.41) is 7.58. The fourth-order valence-electron chi connectivity index (χ4n) is 3.79. The highest BCUT2D eigenvalue weighted by Crippen LogP contribution is 2.41. The fourth-order valence-corrected chi connectivity index (χ4v) is 3.79. The second kappa shape index (κ2) is 7.82. The monoisotopic (exact) mass is 429 g/mol. The normalized spacial score (nSPS) is 14.0. The minimum atomic E-state index is -0.215. The first-order valence-corrected chi connectivity index (χ1v) is 10.9. The van der Waals surface area contributed by atoms with E-state index in [0.717, 1.165) is 29.9 Å². The summed E-state index contributed by atoms with van der Waals surface area (Å²) in [5.41, 5.74) is 3.81. The van der Waals surface area contributed by atoms with Gasteiger partial charge in [-0.1, -0.05) is 12.1 Å². The van der Waals surface area contributed by atoms with E-state index in [9.17, 15) is 4.79 Å². The zero-order chi connectivity index (χ0) is 22.3. The zero-order valence-electron chi connectivity index (χ0n) is 18.6. The number of ether oxygens (including phenoxy) is 1. The summed E-state index contributed by atoms with van der Waals surface area (Å²) in [7, 11) is 0. The lowest BCUT2D eigenvalue weighted by atomic mass is 10.1. The Morgan fingerprint density at radius 1 is 1.16 bits per heavy atom. The summed E-state index contributed by atoms with van der Waals surface area (Å²) in [4.78, 5) is 17.4. The molecule has 3 heterocycles. The molecule has 7 heteroatoms. The van der Waals surface area contributed by atoms with Crippen LogP contribution in [0.1, 0.15) is 61.4 Å². The summed E-state index contributed by atoms with van der Waals surface area (Å²) in [6, 6.07) is 15.2. The molecule has 0 aliphatic heterocycles. The second-order valence-electron chi connectivity index (χ2n) is 9.28. The Hall–Kier alpha value is -3.61. The van der Waals surface area contributed by atoms with Crippen molar-refractivity contribution in [3.8, 4) is 5.75 Å². The number of fused-ring (bicyclic) bond motifs is 1. The molecule has 1 amide bonds. The van der Waals surface area contributed by atoms with Crippen LogP contribution in [-0.4, -0.2) is 25.1 Å². The number of hydrogen-bond donors (Lipinski definition) is 1. The van der Waals surface area contributed by atoms with Gasteiger partial charge in [0.25, 0.3) is 5.91 Å². The average molecular weight is 430 g/mol. The molecule has 0 radical (unpaired) electrons. The molecular formula is C25H27N5O2. The van der Waals surface area contributed by atoms with Crippen LogP contribution in [0.15, 0.2) is 60.9 Å². The van der Waals surface area contributed by atoms with Crippen molar-refractivity contribution in [2.24, 2.45) is 0 Å². The maximum Gasteiger partial charge on any atom is 0.276 e. The van der Waals surface area contributed by atoms with E-state index in [-0.39, 0.29) is 11.4 Å². The molecule has 1 N–H and O–H groups in total. The summed E-state index contributed by atoms with van der Waals surface area (Å²) in [6.45, 7) is 6.67. The number of hydrogen-bond acceptors (Lipinski definition) is 4. The van der Waals surface area contributed by atoms with Crippen LogP contribution in [0.2, 0.25) is 0 Å². The van der Waals surface area contributed by atoms with Crippen molar-refractivity contribution in [1.82, 2.24) is 19.2 Å². The van der Waals surface area contributed by atoms with Gasteiger partial charge in [0, 0.05) is 35.8 Å². The molecule has 1 fully saturated rings. The Morgan fingerprint density at radius 2 is 2.00 bits per heavy atom. The molecule has 0 bridgehead atoms. The second-order valence-corrected chi connectivity index (χ2v) is 9.28. The summed E-state index contributed by atoms with van der Waals surface area (Å²) in [6.07, 6.45) is 6.23. The zero-order valence-corrected chi connectivity index (χ0v) is 18.6. The van der Waals surface area contributed by atoms with E-state index in [1.807, 2.05) is 70.0 Å². The lowest BCUT2D eigenvalue weighted by Gasteiger charge is -2.22. The van der Waals surface area contributed by atoms with Crippen molar-refractivity contribution in [3.63, 3.8) is 0 Å². The molecule has 3 aromatic heterocycles. The van der Waals surface area contributed by atoms with E-state index < -0.39 is 0 Å². The first kappa shape index (κ1) is 20.3. The molecule has 5 rings (SSSR count). The van der Waals surface area contributed by atoms with Crippen molar-refractivity contribution >= 4 is 17.2 Å². The van der Waals surface area contributed by atoms with Crippen LogP contribution >= 0.6 is 0 Å². The number of aromatic nitrogens is 4. The molecule has 1 aromatic carbocycles. The van der Waals surface area contributed by atoms with Gasteiger partial charge in [-0.05, 0) is 63.9 Å². The van der Waals surface area contributed by atoms with Crippen molar-refractivity contribution in [2.45, 2.75) is 51.7 Å². The van der Waals surface area contributed by atoms with Crippen molar-refractivity contribution in [2.75, 3.05) is 5.32 Å². The number of carbonyl (C=O) groups is 1. The number of imidazole rings is 1. The van der Waals surface area contributed by atoms with E-state index in [4.69, 9.17) is 4.74 Å². The number of anilines is 1. The quantitative estimate of drug-likeness (QED) is 0.468. The molecule has 164 valence electrons. The number of nitrogens with zero attached hydrogens (tertiary/aromatic N) is 4. The van der Waals surface area contributed by atoms with Crippen molar-refractivity contribution in [1.29, 1.82) is 0 Å². The molecule has 0 unspecified atom stereocenters. The Balaban J connectivity index is 1.28. The Kier molecular flexibility index (Phi) is 4.96. The van der Waals surface area contributed by atoms with Crippen LogP contribution < -0.4 is 10.1 Å². The average Bonchev–Trinajstić information content (AvgIpc) is 3.34. The van der Waals surface area contributed by atoms with Crippen molar-refractivity contribution in [3.05, 3.63) is 78.0 Å².